The summed E-state index contributed by atoms with van der Waals surface area (Å²) in [5.41, 5.74) is 0.176. The lowest BCUT2D eigenvalue weighted by molar-refractivity contribution is 0.0937. The van der Waals surface area contributed by atoms with Crippen LogP contribution >= 0.6 is 11.8 Å². The number of amides is 1. The first-order valence-electron chi connectivity index (χ1n) is 6.91. The van der Waals surface area contributed by atoms with Gasteiger partial charge in [-0.3, -0.25) is 4.79 Å². The number of carbonyl (C=O) groups excluding carboxylic acids is 1. The van der Waals surface area contributed by atoms with Gasteiger partial charge in [-0.1, -0.05) is 13.3 Å². The lowest BCUT2D eigenvalue weighted by Crippen LogP contribution is -2.26. The van der Waals surface area contributed by atoms with Gasteiger partial charge in [-0.2, -0.15) is 8.78 Å². The minimum Gasteiger partial charge on any atom is -0.381 e. The van der Waals surface area contributed by atoms with E-state index in [1.807, 2.05) is 0 Å². The van der Waals surface area contributed by atoms with Crippen LogP contribution in [0.4, 0.5) is 8.78 Å². The summed E-state index contributed by atoms with van der Waals surface area (Å²) in [5, 5.41) is 2.73. The molecule has 0 bridgehead atoms. The van der Waals surface area contributed by atoms with Crippen molar-refractivity contribution in [2.24, 2.45) is 0 Å². The number of rotatable bonds is 10. The van der Waals surface area contributed by atoms with Crippen molar-refractivity contribution in [2.45, 2.75) is 37.0 Å². The molecule has 1 N–H and O–H groups in total. The van der Waals surface area contributed by atoms with E-state index in [0.717, 1.165) is 19.4 Å². The Balaban J connectivity index is 2.35. The van der Waals surface area contributed by atoms with Crippen LogP contribution in [0.2, 0.25) is 0 Å². The molecule has 4 nitrogen and oxygen atoms in total. The highest BCUT2D eigenvalue weighted by Crippen LogP contribution is 2.26. The molecule has 0 saturated heterocycles. The number of pyridine rings is 1. The van der Waals surface area contributed by atoms with Crippen molar-refractivity contribution >= 4 is 17.7 Å². The van der Waals surface area contributed by atoms with Gasteiger partial charge in [0, 0.05) is 26.0 Å². The monoisotopic (exact) mass is 318 g/mol. The van der Waals surface area contributed by atoms with E-state index in [4.69, 9.17) is 4.74 Å². The van der Waals surface area contributed by atoms with Crippen molar-refractivity contribution in [1.82, 2.24) is 10.3 Å². The fraction of sp³-hybridized carbons (Fsp3) is 0.571. The van der Waals surface area contributed by atoms with E-state index in [1.165, 1.54) is 12.3 Å². The Bertz CT molecular complexity index is 433. The maximum atomic E-state index is 12.4. The Morgan fingerprint density at radius 3 is 2.90 bits per heavy atom. The van der Waals surface area contributed by atoms with E-state index in [-0.39, 0.29) is 28.3 Å². The van der Waals surface area contributed by atoms with Crippen LogP contribution < -0.4 is 5.32 Å². The zero-order valence-electron chi connectivity index (χ0n) is 12.0. The van der Waals surface area contributed by atoms with Gasteiger partial charge < -0.3 is 10.1 Å². The average Bonchev–Trinajstić information content (AvgIpc) is 2.46. The molecular formula is C14H20F2N2O2S. The van der Waals surface area contributed by atoms with Crippen LogP contribution in [0.1, 0.15) is 36.5 Å². The van der Waals surface area contributed by atoms with Gasteiger partial charge in [0.05, 0.1) is 5.56 Å². The molecule has 7 heteroatoms. The van der Waals surface area contributed by atoms with Crippen LogP contribution in [0, 0.1) is 0 Å². The van der Waals surface area contributed by atoms with Gasteiger partial charge in [0.15, 0.2) is 0 Å². The average molecular weight is 318 g/mol. The summed E-state index contributed by atoms with van der Waals surface area (Å²) in [6, 6.07) is 3.04. The summed E-state index contributed by atoms with van der Waals surface area (Å²) in [7, 11) is 0. The number of ether oxygens (including phenoxy) is 1. The predicted molar refractivity (Wildman–Crippen MR) is 78.8 cm³/mol. The number of thioether (sulfide) groups is 1. The second-order valence-corrected chi connectivity index (χ2v) is 5.29. The third-order valence-corrected chi connectivity index (χ3v) is 3.34. The largest absolute Gasteiger partial charge is 0.381 e. The molecule has 0 spiro atoms. The van der Waals surface area contributed by atoms with Crippen LogP contribution in [0.3, 0.4) is 0 Å². The number of hydrogen-bond donors (Lipinski definition) is 1. The van der Waals surface area contributed by atoms with Crippen LogP contribution in [0.25, 0.3) is 0 Å². The maximum Gasteiger partial charge on any atom is 0.290 e. The Hall–Kier alpha value is -1.21. The molecule has 0 unspecified atom stereocenters. The molecule has 118 valence electrons. The first-order chi connectivity index (χ1) is 10.1. The summed E-state index contributed by atoms with van der Waals surface area (Å²) < 4.78 is 30.2. The fourth-order valence-corrected chi connectivity index (χ4v) is 2.14. The minimum absolute atomic E-state index is 0.0456. The lowest BCUT2D eigenvalue weighted by atomic mass is 10.2. The number of halogens is 2. The number of unbranched alkanes of at least 4 members (excludes halogenated alkanes) is 1. The topological polar surface area (TPSA) is 51.2 Å². The third-order valence-electron chi connectivity index (χ3n) is 2.61. The highest BCUT2D eigenvalue weighted by Gasteiger charge is 2.16. The van der Waals surface area contributed by atoms with Gasteiger partial charge in [-0.15, -0.1) is 0 Å². The SMILES string of the molecule is CCCCOCCCNC(=O)c1cccnc1SC(F)F. The van der Waals surface area contributed by atoms with Gasteiger partial charge in [0.1, 0.15) is 5.03 Å². The van der Waals surface area contributed by atoms with Crippen molar-refractivity contribution < 1.29 is 18.3 Å². The Labute approximate surface area is 127 Å². The van der Waals surface area contributed by atoms with E-state index in [9.17, 15) is 13.6 Å². The molecule has 1 aromatic heterocycles. The number of nitrogens with one attached hydrogen (secondary N) is 1. The van der Waals surface area contributed by atoms with Crippen molar-refractivity contribution in [3.05, 3.63) is 23.9 Å². The van der Waals surface area contributed by atoms with E-state index >= 15 is 0 Å². The van der Waals surface area contributed by atoms with Crippen molar-refractivity contribution in [2.75, 3.05) is 19.8 Å². The van der Waals surface area contributed by atoms with E-state index in [1.54, 1.807) is 6.07 Å². The van der Waals surface area contributed by atoms with Crippen LogP contribution in [-0.2, 0) is 4.74 Å². The first-order valence-corrected chi connectivity index (χ1v) is 7.79. The molecule has 0 aliphatic carbocycles. The second-order valence-electron chi connectivity index (χ2n) is 4.31. The first kappa shape index (κ1) is 17.8. The molecule has 0 aliphatic rings. The molecular weight excluding hydrogens is 298 g/mol. The van der Waals surface area contributed by atoms with Gasteiger partial charge in [-0.05, 0) is 36.7 Å². The molecule has 0 atom stereocenters. The van der Waals surface area contributed by atoms with Crippen molar-refractivity contribution in [3.63, 3.8) is 0 Å². The molecule has 0 aliphatic heterocycles. The summed E-state index contributed by atoms with van der Waals surface area (Å²) in [4.78, 5) is 15.7. The van der Waals surface area contributed by atoms with Gasteiger partial charge in [0.2, 0.25) is 0 Å². The maximum absolute atomic E-state index is 12.4. The highest BCUT2D eigenvalue weighted by molar-refractivity contribution is 7.99. The van der Waals surface area contributed by atoms with E-state index in [2.05, 4.69) is 17.2 Å². The smallest absolute Gasteiger partial charge is 0.290 e. The number of hydrogen-bond acceptors (Lipinski definition) is 4. The Kier molecular flexibility index (Phi) is 8.93. The summed E-state index contributed by atoms with van der Waals surface area (Å²) >= 11 is 0.276. The molecule has 0 fully saturated rings. The number of alkyl halides is 2. The molecule has 1 amide bonds. The minimum atomic E-state index is -2.60. The summed E-state index contributed by atoms with van der Waals surface area (Å²) in [5.74, 6) is -2.99. The molecule has 21 heavy (non-hydrogen) atoms. The van der Waals surface area contributed by atoms with E-state index < -0.39 is 5.76 Å². The normalized spacial score (nSPS) is 10.9. The molecule has 0 saturated carbocycles. The quantitative estimate of drug-likeness (QED) is 0.531. The van der Waals surface area contributed by atoms with Crippen LogP contribution in [-0.4, -0.2) is 36.4 Å². The standard InChI is InChI=1S/C14H20F2N2O2S/c1-2-3-9-20-10-5-8-17-12(19)11-6-4-7-18-13(11)21-14(15)16/h4,6-7,14H,2-3,5,8-10H2,1H3,(H,17,19). The highest BCUT2D eigenvalue weighted by atomic mass is 32.2. The number of nitrogens with zero attached hydrogens (tertiary/aromatic N) is 1. The summed E-state index contributed by atoms with van der Waals surface area (Å²) in [6.45, 7) is 3.83. The van der Waals surface area contributed by atoms with Gasteiger partial charge in [-0.25, -0.2) is 4.98 Å². The molecule has 1 aromatic rings. The van der Waals surface area contributed by atoms with Gasteiger partial charge in [0.25, 0.3) is 11.7 Å². The fourth-order valence-electron chi connectivity index (χ4n) is 1.56. The zero-order chi connectivity index (χ0) is 15.5. The van der Waals surface area contributed by atoms with Crippen molar-refractivity contribution in [1.29, 1.82) is 0 Å². The van der Waals surface area contributed by atoms with E-state index in [0.29, 0.717) is 19.6 Å². The summed E-state index contributed by atoms with van der Waals surface area (Å²) in [6.07, 6.45) is 4.19. The molecule has 1 rings (SSSR count). The molecule has 0 aromatic carbocycles. The Morgan fingerprint density at radius 2 is 2.19 bits per heavy atom. The van der Waals surface area contributed by atoms with Crippen LogP contribution in [0.5, 0.6) is 0 Å². The van der Waals surface area contributed by atoms with Gasteiger partial charge >= 0.3 is 0 Å². The number of aromatic nitrogens is 1. The van der Waals surface area contributed by atoms with Crippen LogP contribution in [0.15, 0.2) is 23.4 Å². The number of carbonyl (C=O) groups is 1. The molecule has 0 radical (unpaired) electrons. The molecule has 1 heterocycles. The predicted octanol–water partition coefficient (Wildman–Crippen LogP) is 3.33. The second kappa shape index (κ2) is 10.5. The zero-order valence-corrected chi connectivity index (χ0v) is 12.8. The lowest BCUT2D eigenvalue weighted by Gasteiger charge is -2.09. The van der Waals surface area contributed by atoms with Crippen molar-refractivity contribution in [3.8, 4) is 0 Å². The third kappa shape index (κ3) is 7.38. The Morgan fingerprint density at radius 1 is 1.43 bits per heavy atom.